The molecule has 244 valence electrons. The molecule has 0 spiro atoms. The number of esters is 1. The lowest BCUT2D eigenvalue weighted by molar-refractivity contribution is -0.162. The highest BCUT2D eigenvalue weighted by molar-refractivity contribution is 5.96. The van der Waals surface area contributed by atoms with Crippen molar-refractivity contribution in [2.45, 2.75) is 104 Å². The number of carbonyl (C=O) groups excluding carboxylic acids is 6. The predicted octanol–water partition coefficient (Wildman–Crippen LogP) is 0.288. The molecule has 0 bridgehead atoms. The van der Waals surface area contributed by atoms with Gasteiger partial charge in [-0.2, -0.15) is 0 Å². The highest BCUT2D eigenvalue weighted by Gasteiger charge is 2.43. The van der Waals surface area contributed by atoms with Crippen LogP contribution in [0.4, 0.5) is 0 Å². The molecule has 43 heavy (non-hydrogen) atoms. The summed E-state index contributed by atoms with van der Waals surface area (Å²) in [6.45, 7) is 10.6. The van der Waals surface area contributed by atoms with Crippen LogP contribution in [0.1, 0.15) is 73.6 Å². The van der Waals surface area contributed by atoms with Crippen molar-refractivity contribution in [3.8, 4) is 0 Å². The van der Waals surface area contributed by atoms with Gasteiger partial charge in [-0.05, 0) is 43.9 Å². The molecule has 0 aliphatic carbocycles. The van der Waals surface area contributed by atoms with Gasteiger partial charge in [0, 0.05) is 33.8 Å². The molecule has 2 fully saturated rings. The Morgan fingerprint density at radius 3 is 2.19 bits per heavy atom. The number of carbonyl (C=O) groups is 6. The van der Waals surface area contributed by atoms with Crippen LogP contribution < -0.4 is 10.6 Å². The number of aliphatic hydroxyl groups is 1. The number of nitrogens with zero attached hydrogens (tertiary/aromatic N) is 3. The zero-order chi connectivity index (χ0) is 32.6. The van der Waals surface area contributed by atoms with Gasteiger partial charge in [0.05, 0.1) is 6.42 Å². The van der Waals surface area contributed by atoms with Crippen molar-refractivity contribution in [2.24, 2.45) is 17.8 Å². The first-order valence-electron chi connectivity index (χ1n) is 15.4. The molecule has 13 nitrogen and oxygen atoms in total. The lowest BCUT2D eigenvalue weighted by Crippen LogP contribution is -2.60. The molecule has 2 saturated heterocycles. The number of cyclic esters (lactones) is 1. The largest absolute Gasteiger partial charge is 0.452 e. The number of hydrogen-bond acceptors (Lipinski definition) is 8. The topological polar surface area (TPSA) is 166 Å². The Morgan fingerprint density at radius 2 is 1.60 bits per heavy atom. The van der Waals surface area contributed by atoms with E-state index in [1.54, 1.807) is 27.7 Å². The van der Waals surface area contributed by atoms with Gasteiger partial charge in [-0.15, -0.1) is 0 Å². The van der Waals surface area contributed by atoms with Gasteiger partial charge in [0.2, 0.25) is 23.6 Å². The molecule has 0 aromatic carbocycles. The molecule has 3 N–H and O–H groups in total. The van der Waals surface area contributed by atoms with Crippen LogP contribution in [0.15, 0.2) is 0 Å². The first kappa shape index (κ1) is 36.0. The van der Waals surface area contributed by atoms with Crippen LogP contribution >= 0.6 is 0 Å². The van der Waals surface area contributed by atoms with Gasteiger partial charge in [-0.1, -0.05) is 41.0 Å². The summed E-state index contributed by atoms with van der Waals surface area (Å²) in [5.74, 6) is -4.09. The van der Waals surface area contributed by atoms with Crippen molar-refractivity contribution >= 4 is 35.5 Å². The Bertz CT molecular complexity index is 1040. The molecule has 0 aromatic rings. The molecule has 7 unspecified atom stereocenters. The highest BCUT2D eigenvalue weighted by Crippen LogP contribution is 2.24. The van der Waals surface area contributed by atoms with Gasteiger partial charge in [-0.3, -0.25) is 28.8 Å². The van der Waals surface area contributed by atoms with E-state index in [1.165, 1.54) is 28.8 Å². The third kappa shape index (κ3) is 8.90. The minimum atomic E-state index is -1.23. The molecule has 2 aliphatic heterocycles. The second-order valence-electron chi connectivity index (χ2n) is 12.4. The molecule has 5 amide bonds. The lowest BCUT2D eigenvalue weighted by atomic mass is 9.94. The fourth-order valence-electron chi connectivity index (χ4n) is 5.54. The SMILES string of the molecule is CCC(C)C1NC(=O)C2CCCN2C(=O)C(CC(C)CO)OC(=O)CCNC(=O)C(C)N(C)C(=O)C(C(C)C)N(C)C1=O. The average Bonchev–Trinajstić information content (AvgIpc) is 3.46. The molecular weight excluding hydrogens is 558 g/mol. The van der Waals surface area contributed by atoms with Gasteiger partial charge in [0.15, 0.2) is 6.10 Å². The highest BCUT2D eigenvalue weighted by atomic mass is 16.5. The van der Waals surface area contributed by atoms with Crippen LogP contribution in [0.5, 0.6) is 0 Å². The summed E-state index contributed by atoms with van der Waals surface area (Å²) in [5.41, 5.74) is 0. The summed E-state index contributed by atoms with van der Waals surface area (Å²) in [6.07, 6.45) is 0.0762. The van der Waals surface area contributed by atoms with E-state index >= 15 is 0 Å². The minimum absolute atomic E-state index is 0.0532. The second kappa shape index (κ2) is 16.0. The molecule has 0 radical (unpaired) electrons. The number of fused-ring (bicyclic) bond motifs is 1. The first-order valence-corrected chi connectivity index (χ1v) is 15.4. The van der Waals surface area contributed by atoms with E-state index in [0.29, 0.717) is 19.3 Å². The fourth-order valence-corrected chi connectivity index (χ4v) is 5.54. The quantitative estimate of drug-likeness (QED) is 0.362. The van der Waals surface area contributed by atoms with Crippen LogP contribution in [0.25, 0.3) is 0 Å². The Balaban J connectivity index is 2.54. The van der Waals surface area contributed by atoms with Gasteiger partial charge in [0.1, 0.15) is 24.2 Å². The Labute approximate surface area is 255 Å². The summed E-state index contributed by atoms with van der Waals surface area (Å²) >= 11 is 0. The number of ether oxygens (including phenoxy) is 1. The van der Waals surface area contributed by atoms with Crippen molar-refractivity contribution < 1.29 is 38.6 Å². The lowest BCUT2D eigenvalue weighted by Gasteiger charge is -2.38. The van der Waals surface area contributed by atoms with Crippen molar-refractivity contribution in [3.63, 3.8) is 0 Å². The summed E-state index contributed by atoms with van der Waals surface area (Å²) in [5, 5.41) is 15.1. The number of hydrogen-bond donors (Lipinski definition) is 3. The van der Waals surface area contributed by atoms with E-state index in [-0.39, 0.29) is 50.3 Å². The van der Waals surface area contributed by atoms with Crippen molar-refractivity contribution in [1.82, 2.24) is 25.3 Å². The summed E-state index contributed by atoms with van der Waals surface area (Å²) in [7, 11) is 3.01. The monoisotopic (exact) mass is 609 g/mol. The zero-order valence-corrected chi connectivity index (χ0v) is 26.9. The molecule has 2 heterocycles. The Morgan fingerprint density at radius 1 is 0.953 bits per heavy atom. The minimum Gasteiger partial charge on any atom is -0.452 e. The van der Waals surface area contributed by atoms with Gasteiger partial charge >= 0.3 is 5.97 Å². The maximum absolute atomic E-state index is 13.9. The fraction of sp³-hybridized carbons (Fsp3) is 0.800. The average molecular weight is 610 g/mol. The van der Waals surface area contributed by atoms with Gasteiger partial charge in [0.25, 0.3) is 5.91 Å². The number of rotatable bonds is 6. The van der Waals surface area contributed by atoms with E-state index in [2.05, 4.69) is 10.6 Å². The normalized spacial score (nSPS) is 28.9. The van der Waals surface area contributed by atoms with Crippen LogP contribution in [-0.4, -0.2) is 119 Å². The van der Waals surface area contributed by atoms with E-state index < -0.39 is 65.8 Å². The number of amides is 5. The van der Waals surface area contributed by atoms with Crippen LogP contribution in [-0.2, 0) is 33.5 Å². The number of likely N-dealkylation sites (N-methyl/N-ethyl adjacent to an activating group) is 2. The van der Waals surface area contributed by atoms with Crippen LogP contribution in [0.2, 0.25) is 0 Å². The Kier molecular flexibility index (Phi) is 13.4. The summed E-state index contributed by atoms with van der Waals surface area (Å²) < 4.78 is 5.54. The van der Waals surface area contributed by atoms with E-state index in [0.717, 1.165) is 0 Å². The van der Waals surface area contributed by atoms with E-state index in [1.807, 2.05) is 13.8 Å². The van der Waals surface area contributed by atoms with E-state index in [9.17, 15) is 33.9 Å². The van der Waals surface area contributed by atoms with Gasteiger partial charge in [-0.25, -0.2) is 0 Å². The molecular formula is C30H51N5O8. The second-order valence-corrected chi connectivity index (χ2v) is 12.4. The third-order valence-corrected chi connectivity index (χ3v) is 8.68. The first-order chi connectivity index (χ1) is 20.2. The number of nitrogens with one attached hydrogen (secondary N) is 2. The molecule has 13 heteroatoms. The maximum Gasteiger partial charge on any atom is 0.308 e. The Hall–Kier alpha value is -3.22. The molecule has 7 atom stereocenters. The molecule has 2 rings (SSSR count). The maximum atomic E-state index is 13.9. The van der Waals surface area contributed by atoms with Crippen molar-refractivity contribution in [1.29, 1.82) is 0 Å². The zero-order valence-electron chi connectivity index (χ0n) is 26.9. The van der Waals surface area contributed by atoms with Crippen molar-refractivity contribution in [2.75, 3.05) is 33.8 Å². The van der Waals surface area contributed by atoms with Gasteiger partial charge < -0.3 is 35.2 Å². The van der Waals surface area contributed by atoms with Crippen LogP contribution in [0.3, 0.4) is 0 Å². The predicted molar refractivity (Wildman–Crippen MR) is 158 cm³/mol. The number of aliphatic hydroxyl groups excluding tert-OH is 1. The van der Waals surface area contributed by atoms with Crippen molar-refractivity contribution in [3.05, 3.63) is 0 Å². The summed E-state index contributed by atoms with van der Waals surface area (Å²) in [6, 6.07) is -3.66. The smallest absolute Gasteiger partial charge is 0.308 e. The summed E-state index contributed by atoms with van der Waals surface area (Å²) in [4.78, 5) is 84.6. The molecule has 0 saturated carbocycles. The van der Waals surface area contributed by atoms with E-state index in [4.69, 9.17) is 4.74 Å². The van der Waals surface area contributed by atoms with Crippen LogP contribution in [0, 0.1) is 17.8 Å². The standard InChI is InChI=1S/C30H51N5O8/c1-9-19(5)24-29(41)34(8)25(17(2)3)30(42)33(7)20(6)26(38)31-13-12-23(37)43-22(15-18(4)16-36)28(40)35-14-10-11-21(35)27(39)32-24/h17-22,24-25,36H,9-16H2,1-8H3,(H,31,38)(H,32,39). The molecule has 0 aromatic heterocycles. The molecule has 2 aliphatic rings. The third-order valence-electron chi connectivity index (χ3n) is 8.68.